The fourth-order valence-corrected chi connectivity index (χ4v) is 2.11. The minimum Gasteiger partial charge on any atom is -0.361 e. The number of aromatic amines is 1. The third kappa shape index (κ3) is 2.33. The Morgan fingerprint density at radius 2 is 2.12 bits per heavy atom. The van der Waals surface area contributed by atoms with Crippen LogP contribution in [-0.2, 0) is 0 Å². The van der Waals surface area contributed by atoms with Gasteiger partial charge in [0.25, 0.3) is 5.91 Å². The first-order valence-electron chi connectivity index (χ1n) is 5.91. The van der Waals surface area contributed by atoms with Gasteiger partial charge < -0.3 is 9.88 Å². The molecule has 1 aromatic heterocycles. The predicted molar refractivity (Wildman–Crippen MR) is 70.1 cm³/mol. The number of nitrogens with zero attached hydrogens (tertiary/aromatic N) is 1. The number of carbonyl (C=O) groups excluding carboxylic acids is 1. The van der Waals surface area contributed by atoms with Crippen molar-refractivity contribution in [2.75, 3.05) is 13.6 Å². The molecule has 0 bridgehead atoms. The fourth-order valence-electron chi connectivity index (χ4n) is 2.11. The van der Waals surface area contributed by atoms with E-state index in [0.717, 1.165) is 23.0 Å². The summed E-state index contributed by atoms with van der Waals surface area (Å²) in [6.07, 6.45) is 1.86. The molecule has 0 saturated carbocycles. The molecule has 2 aromatic rings. The second-order valence-electron chi connectivity index (χ2n) is 4.82. The fraction of sp³-hybridized carbons (Fsp3) is 0.357. The zero-order valence-electron chi connectivity index (χ0n) is 10.5. The van der Waals surface area contributed by atoms with Gasteiger partial charge in [-0.3, -0.25) is 4.79 Å². The predicted octanol–water partition coefficient (Wildman–Crippen LogP) is 2.90. The first-order valence-corrected chi connectivity index (χ1v) is 5.91. The lowest BCUT2D eigenvalue weighted by Crippen LogP contribution is -2.30. The maximum atomic E-state index is 12.3. The number of amides is 1. The van der Waals surface area contributed by atoms with Crippen LogP contribution in [0.3, 0.4) is 0 Å². The lowest BCUT2D eigenvalue weighted by Gasteiger charge is -2.19. The van der Waals surface area contributed by atoms with Crippen LogP contribution in [-0.4, -0.2) is 29.4 Å². The van der Waals surface area contributed by atoms with Gasteiger partial charge in [-0.15, -0.1) is 0 Å². The zero-order chi connectivity index (χ0) is 12.4. The number of hydrogen-bond donors (Lipinski definition) is 1. The molecule has 0 aliphatic rings. The molecule has 0 fully saturated rings. The summed E-state index contributed by atoms with van der Waals surface area (Å²) in [5.74, 6) is 0.568. The topological polar surface area (TPSA) is 36.1 Å². The minimum absolute atomic E-state index is 0.0869. The molecular weight excluding hydrogens is 212 g/mol. The van der Waals surface area contributed by atoms with Gasteiger partial charge in [-0.2, -0.15) is 0 Å². The number of rotatable bonds is 3. The van der Waals surface area contributed by atoms with Crippen molar-refractivity contribution in [2.45, 2.75) is 13.8 Å². The Balaban J connectivity index is 2.33. The Kier molecular flexibility index (Phi) is 3.18. The molecule has 0 unspecified atom stereocenters. The summed E-state index contributed by atoms with van der Waals surface area (Å²) in [4.78, 5) is 17.2. The van der Waals surface area contributed by atoms with Gasteiger partial charge in [0, 0.05) is 36.3 Å². The number of H-pyrrole nitrogens is 1. The number of carbonyl (C=O) groups is 1. The van der Waals surface area contributed by atoms with Gasteiger partial charge in [0.15, 0.2) is 0 Å². The molecule has 1 heterocycles. The molecule has 90 valence electrons. The molecule has 0 atom stereocenters. The van der Waals surface area contributed by atoms with Crippen molar-refractivity contribution < 1.29 is 4.79 Å². The van der Waals surface area contributed by atoms with Gasteiger partial charge >= 0.3 is 0 Å². The Labute approximate surface area is 101 Å². The highest BCUT2D eigenvalue weighted by Gasteiger charge is 2.15. The van der Waals surface area contributed by atoms with Crippen LogP contribution in [0.2, 0.25) is 0 Å². The third-order valence-corrected chi connectivity index (χ3v) is 2.81. The van der Waals surface area contributed by atoms with Crippen molar-refractivity contribution in [3.05, 3.63) is 36.0 Å². The highest BCUT2D eigenvalue weighted by Crippen LogP contribution is 2.18. The van der Waals surface area contributed by atoms with Gasteiger partial charge in [-0.05, 0) is 24.1 Å². The van der Waals surface area contributed by atoms with Crippen LogP contribution in [0.25, 0.3) is 10.9 Å². The first-order chi connectivity index (χ1) is 8.09. The molecule has 1 aromatic carbocycles. The SMILES string of the molecule is CC(C)CN(C)C(=O)c1cccc2[nH]ccc12. The monoisotopic (exact) mass is 230 g/mol. The van der Waals surface area contributed by atoms with E-state index in [0.29, 0.717) is 5.92 Å². The molecule has 0 aliphatic carbocycles. The van der Waals surface area contributed by atoms with E-state index in [9.17, 15) is 4.79 Å². The van der Waals surface area contributed by atoms with Crippen molar-refractivity contribution in [2.24, 2.45) is 5.92 Å². The molecule has 0 saturated heterocycles. The van der Waals surface area contributed by atoms with E-state index in [-0.39, 0.29) is 5.91 Å². The van der Waals surface area contributed by atoms with Gasteiger partial charge in [0.05, 0.1) is 0 Å². The molecule has 3 nitrogen and oxygen atoms in total. The van der Waals surface area contributed by atoms with Gasteiger partial charge in [0.1, 0.15) is 0 Å². The summed E-state index contributed by atoms with van der Waals surface area (Å²) < 4.78 is 0. The summed E-state index contributed by atoms with van der Waals surface area (Å²) >= 11 is 0. The van der Waals surface area contributed by atoms with Gasteiger partial charge in [0.2, 0.25) is 0 Å². The molecule has 1 amide bonds. The number of hydrogen-bond acceptors (Lipinski definition) is 1. The van der Waals surface area contributed by atoms with Gasteiger partial charge in [-0.1, -0.05) is 19.9 Å². The van der Waals surface area contributed by atoms with Crippen LogP contribution in [0.5, 0.6) is 0 Å². The molecule has 1 N–H and O–H groups in total. The molecule has 0 radical (unpaired) electrons. The van der Waals surface area contributed by atoms with Gasteiger partial charge in [-0.25, -0.2) is 0 Å². The smallest absolute Gasteiger partial charge is 0.254 e. The highest BCUT2D eigenvalue weighted by atomic mass is 16.2. The normalized spacial score (nSPS) is 11.1. The second-order valence-corrected chi connectivity index (χ2v) is 4.82. The summed E-state index contributed by atoms with van der Waals surface area (Å²) in [5.41, 5.74) is 1.78. The zero-order valence-corrected chi connectivity index (χ0v) is 10.5. The van der Waals surface area contributed by atoms with Crippen molar-refractivity contribution in [3.63, 3.8) is 0 Å². The Morgan fingerprint density at radius 3 is 2.82 bits per heavy atom. The quantitative estimate of drug-likeness (QED) is 0.864. The maximum absolute atomic E-state index is 12.3. The Hall–Kier alpha value is -1.77. The summed E-state index contributed by atoms with van der Waals surface area (Å²) in [5, 5.41) is 0.994. The molecule has 0 aliphatic heterocycles. The molecule has 0 spiro atoms. The average Bonchev–Trinajstić information content (AvgIpc) is 2.74. The van der Waals surface area contributed by atoms with E-state index in [1.165, 1.54) is 0 Å². The molecule has 3 heteroatoms. The lowest BCUT2D eigenvalue weighted by molar-refractivity contribution is 0.0781. The Morgan fingerprint density at radius 1 is 1.35 bits per heavy atom. The first kappa shape index (κ1) is 11.7. The van der Waals surface area contributed by atoms with Crippen molar-refractivity contribution in [1.29, 1.82) is 0 Å². The summed E-state index contributed by atoms with van der Waals surface area (Å²) in [6.45, 7) is 5.00. The largest absolute Gasteiger partial charge is 0.361 e. The molecule has 17 heavy (non-hydrogen) atoms. The number of aromatic nitrogens is 1. The van der Waals surface area contributed by atoms with E-state index in [4.69, 9.17) is 0 Å². The van der Waals surface area contributed by atoms with E-state index < -0.39 is 0 Å². The number of fused-ring (bicyclic) bond motifs is 1. The van der Waals surface area contributed by atoms with Crippen LogP contribution < -0.4 is 0 Å². The lowest BCUT2D eigenvalue weighted by atomic mass is 10.1. The van der Waals surface area contributed by atoms with E-state index in [2.05, 4.69) is 18.8 Å². The van der Waals surface area contributed by atoms with Crippen molar-refractivity contribution >= 4 is 16.8 Å². The second kappa shape index (κ2) is 4.62. The van der Waals surface area contributed by atoms with Crippen molar-refractivity contribution in [3.8, 4) is 0 Å². The maximum Gasteiger partial charge on any atom is 0.254 e. The van der Waals surface area contributed by atoms with Crippen LogP contribution >= 0.6 is 0 Å². The highest BCUT2D eigenvalue weighted by molar-refractivity contribution is 6.06. The summed E-state index contributed by atoms with van der Waals surface area (Å²) in [7, 11) is 1.85. The van der Waals surface area contributed by atoms with Crippen molar-refractivity contribution in [1.82, 2.24) is 9.88 Å². The number of benzene rings is 1. The van der Waals surface area contributed by atoms with E-state index in [1.54, 1.807) is 4.90 Å². The molecular formula is C14H18N2O. The number of nitrogens with one attached hydrogen (secondary N) is 1. The third-order valence-electron chi connectivity index (χ3n) is 2.81. The van der Waals surface area contributed by atoms with E-state index in [1.807, 2.05) is 37.5 Å². The minimum atomic E-state index is 0.0869. The van der Waals surface area contributed by atoms with Crippen LogP contribution in [0, 0.1) is 5.92 Å². The van der Waals surface area contributed by atoms with Crippen LogP contribution in [0.4, 0.5) is 0 Å². The average molecular weight is 230 g/mol. The summed E-state index contributed by atoms with van der Waals surface area (Å²) in [6, 6.07) is 7.73. The molecule has 2 rings (SSSR count). The standard InChI is InChI=1S/C14H18N2O/c1-10(2)9-16(3)14(17)12-5-4-6-13-11(12)7-8-15-13/h4-8,10,15H,9H2,1-3H3. The van der Waals surface area contributed by atoms with Crippen LogP contribution in [0.15, 0.2) is 30.5 Å². The van der Waals surface area contributed by atoms with E-state index >= 15 is 0 Å². The van der Waals surface area contributed by atoms with Crippen LogP contribution in [0.1, 0.15) is 24.2 Å². The Bertz CT molecular complexity index is 528.